The summed E-state index contributed by atoms with van der Waals surface area (Å²) in [5.41, 5.74) is 2.01. The second-order valence-corrected chi connectivity index (χ2v) is 9.76. The molecule has 138 valence electrons. The van der Waals surface area contributed by atoms with E-state index in [-0.39, 0.29) is 11.0 Å². The Morgan fingerprint density at radius 1 is 1.12 bits per heavy atom. The standard InChI is InChI=1S/C21H37NO2/c1-19(2,3)16-20(4,5)17-8-9-21(15-18(21)14-17)24-13-12-23-11-10-22(6)7/h8-9,14,18H,10-13,15-16H2,1-7H3/p+1. The molecule has 0 aromatic heterocycles. The minimum Gasteiger partial charge on any atom is -0.373 e. The van der Waals surface area contributed by atoms with Gasteiger partial charge >= 0.3 is 0 Å². The Bertz CT molecular complexity index is 485. The summed E-state index contributed by atoms with van der Waals surface area (Å²) in [6.07, 6.45) is 9.40. The predicted octanol–water partition coefficient (Wildman–Crippen LogP) is 2.88. The molecule has 0 aliphatic heterocycles. The molecule has 0 bridgehead atoms. The van der Waals surface area contributed by atoms with Gasteiger partial charge in [-0.25, -0.2) is 0 Å². The molecule has 24 heavy (non-hydrogen) atoms. The largest absolute Gasteiger partial charge is 0.373 e. The highest BCUT2D eigenvalue weighted by molar-refractivity contribution is 5.40. The molecule has 0 aromatic rings. The van der Waals surface area contributed by atoms with Crippen molar-refractivity contribution in [1.29, 1.82) is 0 Å². The number of rotatable bonds is 9. The Hall–Kier alpha value is -0.640. The molecule has 2 unspecified atom stereocenters. The fourth-order valence-electron chi connectivity index (χ4n) is 3.94. The maximum atomic E-state index is 6.15. The summed E-state index contributed by atoms with van der Waals surface area (Å²) in [6, 6.07) is 0. The van der Waals surface area contributed by atoms with Crippen LogP contribution in [0.15, 0.2) is 23.8 Å². The Kier molecular flexibility index (Phi) is 5.99. The molecular formula is C21H38NO2+. The third-order valence-electron chi connectivity index (χ3n) is 5.03. The van der Waals surface area contributed by atoms with Gasteiger partial charge in [-0.2, -0.15) is 0 Å². The van der Waals surface area contributed by atoms with E-state index in [1.54, 1.807) is 0 Å². The van der Waals surface area contributed by atoms with Crippen LogP contribution in [0.4, 0.5) is 0 Å². The maximum absolute atomic E-state index is 6.15. The first-order chi connectivity index (χ1) is 11.0. The summed E-state index contributed by atoms with van der Waals surface area (Å²) >= 11 is 0. The minimum absolute atomic E-state index is 0.0303. The molecule has 0 radical (unpaired) electrons. The van der Waals surface area contributed by atoms with E-state index in [1.165, 1.54) is 16.9 Å². The first kappa shape index (κ1) is 19.7. The molecule has 2 aliphatic carbocycles. The molecule has 1 fully saturated rings. The molecule has 3 heteroatoms. The van der Waals surface area contributed by atoms with Crippen LogP contribution >= 0.6 is 0 Å². The number of fused-ring (bicyclic) bond motifs is 1. The van der Waals surface area contributed by atoms with Crippen molar-refractivity contribution in [3.05, 3.63) is 23.8 Å². The average Bonchev–Trinajstić information content (AvgIpc) is 3.13. The van der Waals surface area contributed by atoms with Gasteiger partial charge in [0.15, 0.2) is 0 Å². The van der Waals surface area contributed by atoms with Crippen LogP contribution < -0.4 is 4.90 Å². The molecule has 0 spiro atoms. The van der Waals surface area contributed by atoms with E-state index < -0.39 is 0 Å². The van der Waals surface area contributed by atoms with E-state index >= 15 is 0 Å². The van der Waals surface area contributed by atoms with E-state index in [4.69, 9.17) is 9.47 Å². The number of nitrogens with one attached hydrogen (secondary N) is 1. The number of allylic oxidation sites excluding steroid dienone is 2. The molecule has 0 aromatic carbocycles. The Morgan fingerprint density at radius 3 is 2.42 bits per heavy atom. The lowest BCUT2D eigenvalue weighted by Crippen LogP contribution is -3.06. The molecule has 3 nitrogen and oxygen atoms in total. The van der Waals surface area contributed by atoms with Crippen LogP contribution in [0.1, 0.15) is 47.5 Å². The van der Waals surface area contributed by atoms with Crippen molar-refractivity contribution in [2.45, 2.75) is 53.1 Å². The first-order valence-electron chi connectivity index (χ1n) is 9.46. The normalized spacial score (nSPS) is 26.5. The van der Waals surface area contributed by atoms with Crippen LogP contribution in [-0.4, -0.2) is 46.1 Å². The first-order valence-corrected chi connectivity index (χ1v) is 9.46. The van der Waals surface area contributed by atoms with Crippen molar-refractivity contribution in [2.75, 3.05) is 40.5 Å². The third kappa shape index (κ3) is 5.44. The molecule has 2 aliphatic rings. The van der Waals surface area contributed by atoms with Gasteiger partial charge in [0.2, 0.25) is 0 Å². The number of likely N-dealkylation sites (N-methyl/N-ethyl adjacent to an activating group) is 1. The average molecular weight is 337 g/mol. The molecule has 0 saturated heterocycles. The molecule has 0 amide bonds. The number of quaternary nitrogens is 1. The van der Waals surface area contributed by atoms with Crippen LogP contribution in [0.2, 0.25) is 0 Å². The van der Waals surface area contributed by atoms with Crippen molar-refractivity contribution < 1.29 is 14.4 Å². The molecule has 1 saturated carbocycles. The monoisotopic (exact) mass is 336 g/mol. The van der Waals surface area contributed by atoms with Gasteiger partial charge in [-0.05, 0) is 29.2 Å². The third-order valence-corrected chi connectivity index (χ3v) is 5.03. The van der Waals surface area contributed by atoms with Gasteiger partial charge in [0.25, 0.3) is 0 Å². The van der Waals surface area contributed by atoms with E-state index in [0.717, 1.165) is 19.6 Å². The van der Waals surface area contributed by atoms with Gasteiger partial charge in [-0.1, -0.05) is 52.8 Å². The number of hydrogen-bond donors (Lipinski definition) is 1. The van der Waals surface area contributed by atoms with Crippen LogP contribution in [-0.2, 0) is 9.47 Å². The highest BCUT2D eigenvalue weighted by Crippen LogP contribution is 2.54. The summed E-state index contributed by atoms with van der Waals surface area (Å²) in [5.74, 6) is 0.558. The van der Waals surface area contributed by atoms with Gasteiger partial charge in [0.05, 0.1) is 39.5 Å². The molecule has 1 N–H and O–H groups in total. The number of hydrogen-bond acceptors (Lipinski definition) is 2. The van der Waals surface area contributed by atoms with Gasteiger partial charge in [0, 0.05) is 5.92 Å². The van der Waals surface area contributed by atoms with Crippen molar-refractivity contribution >= 4 is 0 Å². The summed E-state index contributed by atoms with van der Waals surface area (Å²) in [6.45, 7) is 14.9. The Morgan fingerprint density at radius 2 is 1.83 bits per heavy atom. The molecular weight excluding hydrogens is 298 g/mol. The zero-order valence-corrected chi connectivity index (χ0v) is 16.9. The molecule has 0 heterocycles. The topological polar surface area (TPSA) is 22.9 Å². The minimum atomic E-state index is -0.0303. The summed E-state index contributed by atoms with van der Waals surface area (Å²) in [7, 11) is 4.29. The van der Waals surface area contributed by atoms with E-state index in [1.807, 2.05) is 0 Å². The van der Waals surface area contributed by atoms with Crippen LogP contribution in [0, 0.1) is 16.7 Å². The lowest BCUT2D eigenvalue weighted by molar-refractivity contribution is -0.858. The van der Waals surface area contributed by atoms with Crippen LogP contribution in [0.5, 0.6) is 0 Å². The Balaban J connectivity index is 1.77. The van der Waals surface area contributed by atoms with Gasteiger partial charge < -0.3 is 14.4 Å². The molecule has 2 atom stereocenters. The fourth-order valence-corrected chi connectivity index (χ4v) is 3.94. The van der Waals surface area contributed by atoms with E-state index in [0.29, 0.717) is 24.5 Å². The summed E-state index contributed by atoms with van der Waals surface area (Å²) < 4.78 is 11.8. The highest BCUT2D eigenvalue weighted by Gasteiger charge is 2.54. The van der Waals surface area contributed by atoms with Crippen molar-refractivity contribution in [2.24, 2.45) is 16.7 Å². The van der Waals surface area contributed by atoms with Crippen molar-refractivity contribution in [3.63, 3.8) is 0 Å². The van der Waals surface area contributed by atoms with Crippen LogP contribution in [0.3, 0.4) is 0 Å². The fraction of sp³-hybridized carbons (Fsp3) is 0.810. The van der Waals surface area contributed by atoms with E-state index in [9.17, 15) is 0 Å². The quantitative estimate of drug-likeness (QED) is 0.654. The predicted molar refractivity (Wildman–Crippen MR) is 100 cm³/mol. The summed E-state index contributed by atoms with van der Waals surface area (Å²) in [5, 5.41) is 0. The number of ether oxygens (including phenoxy) is 2. The second kappa shape index (κ2) is 7.31. The summed E-state index contributed by atoms with van der Waals surface area (Å²) in [4.78, 5) is 1.42. The lowest BCUT2D eigenvalue weighted by Gasteiger charge is -2.35. The van der Waals surface area contributed by atoms with Crippen molar-refractivity contribution in [3.8, 4) is 0 Å². The Labute approximate surface area is 149 Å². The maximum Gasteiger partial charge on any atom is 0.100 e. The van der Waals surface area contributed by atoms with Crippen molar-refractivity contribution in [1.82, 2.24) is 0 Å². The SMILES string of the molecule is C[NH+](C)CCOCCOC12C=CC(C(C)(C)CC(C)(C)C)=CC1C2. The van der Waals surface area contributed by atoms with E-state index in [2.05, 4.69) is 66.9 Å². The van der Waals surface area contributed by atoms with Gasteiger partial charge in [0.1, 0.15) is 6.54 Å². The zero-order chi connectivity index (χ0) is 18.0. The second-order valence-electron chi connectivity index (χ2n) is 9.76. The lowest BCUT2D eigenvalue weighted by atomic mass is 9.71. The smallest absolute Gasteiger partial charge is 0.100 e. The molecule has 2 rings (SSSR count). The zero-order valence-electron chi connectivity index (χ0n) is 16.9. The van der Waals surface area contributed by atoms with Crippen LogP contribution in [0.25, 0.3) is 0 Å². The van der Waals surface area contributed by atoms with Gasteiger partial charge in [-0.15, -0.1) is 0 Å². The highest BCUT2D eigenvalue weighted by atomic mass is 16.5. The van der Waals surface area contributed by atoms with Gasteiger partial charge in [-0.3, -0.25) is 0 Å².